The molecular formula is C16H14O. The Morgan fingerprint density at radius 2 is 1.59 bits per heavy atom. The topological polar surface area (TPSA) is 17.1 Å². The van der Waals surface area contributed by atoms with Crippen molar-refractivity contribution in [3.05, 3.63) is 77.4 Å². The van der Waals surface area contributed by atoms with Crippen LogP contribution in [0.1, 0.15) is 21.5 Å². The SMILES string of the molecule is Cc1ccccc1C(=O)C=Cc1ccccc1. The lowest BCUT2D eigenvalue weighted by Crippen LogP contribution is -1.96. The molecule has 17 heavy (non-hydrogen) atoms. The van der Waals surface area contributed by atoms with Gasteiger partial charge in [0.25, 0.3) is 0 Å². The molecule has 0 aliphatic rings. The molecule has 0 N–H and O–H groups in total. The van der Waals surface area contributed by atoms with Crippen LogP contribution >= 0.6 is 0 Å². The van der Waals surface area contributed by atoms with Gasteiger partial charge in [0.1, 0.15) is 0 Å². The highest BCUT2D eigenvalue weighted by Gasteiger charge is 2.03. The molecule has 0 amide bonds. The van der Waals surface area contributed by atoms with E-state index in [1.807, 2.05) is 67.6 Å². The van der Waals surface area contributed by atoms with E-state index in [0.717, 1.165) is 16.7 Å². The van der Waals surface area contributed by atoms with Crippen LogP contribution in [0.2, 0.25) is 0 Å². The molecule has 0 unspecified atom stereocenters. The second-order valence-corrected chi connectivity index (χ2v) is 3.92. The molecule has 2 aromatic carbocycles. The molecule has 0 saturated heterocycles. The molecule has 0 aliphatic carbocycles. The van der Waals surface area contributed by atoms with Gasteiger partial charge in [-0.25, -0.2) is 0 Å². The number of hydrogen-bond acceptors (Lipinski definition) is 1. The summed E-state index contributed by atoms with van der Waals surface area (Å²) in [5.41, 5.74) is 2.81. The molecule has 0 spiro atoms. The van der Waals surface area contributed by atoms with E-state index in [1.54, 1.807) is 6.08 Å². The van der Waals surface area contributed by atoms with E-state index < -0.39 is 0 Å². The average Bonchev–Trinajstić information content (AvgIpc) is 2.38. The molecule has 0 saturated carbocycles. The van der Waals surface area contributed by atoms with Gasteiger partial charge in [-0.1, -0.05) is 60.7 Å². The molecule has 0 radical (unpaired) electrons. The fraction of sp³-hybridized carbons (Fsp3) is 0.0625. The molecule has 1 heteroatoms. The zero-order chi connectivity index (χ0) is 12.1. The third-order valence-electron chi connectivity index (χ3n) is 2.64. The molecule has 84 valence electrons. The smallest absolute Gasteiger partial charge is 0.186 e. The molecule has 1 nitrogen and oxygen atoms in total. The molecule has 0 fully saturated rings. The molecule has 0 bridgehead atoms. The van der Waals surface area contributed by atoms with Gasteiger partial charge in [0.2, 0.25) is 0 Å². The molecule has 0 atom stereocenters. The average molecular weight is 222 g/mol. The standard InChI is InChI=1S/C16H14O/c1-13-7-5-6-10-15(13)16(17)12-11-14-8-3-2-4-9-14/h2-12H,1H3. The highest BCUT2D eigenvalue weighted by Crippen LogP contribution is 2.10. The van der Waals surface area contributed by atoms with E-state index in [9.17, 15) is 4.79 Å². The van der Waals surface area contributed by atoms with Gasteiger partial charge in [0.05, 0.1) is 0 Å². The van der Waals surface area contributed by atoms with Crippen LogP contribution in [0.4, 0.5) is 0 Å². The Kier molecular flexibility index (Phi) is 3.51. The molecule has 2 aromatic rings. The third-order valence-corrected chi connectivity index (χ3v) is 2.64. The number of carbonyl (C=O) groups is 1. The van der Waals surface area contributed by atoms with Crippen LogP contribution in [0, 0.1) is 6.92 Å². The maximum Gasteiger partial charge on any atom is 0.186 e. The van der Waals surface area contributed by atoms with E-state index in [1.165, 1.54) is 0 Å². The minimum absolute atomic E-state index is 0.0481. The summed E-state index contributed by atoms with van der Waals surface area (Å²) >= 11 is 0. The largest absolute Gasteiger partial charge is 0.289 e. The predicted molar refractivity (Wildman–Crippen MR) is 71.0 cm³/mol. The van der Waals surface area contributed by atoms with Crippen LogP contribution in [0.15, 0.2) is 60.7 Å². The quantitative estimate of drug-likeness (QED) is 0.568. The second kappa shape index (κ2) is 5.26. The van der Waals surface area contributed by atoms with Crippen molar-refractivity contribution in [3.8, 4) is 0 Å². The third kappa shape index (κ3) is 2.91. The lowest BCUT2D eigenvalue weighted by molar-refractivity contribution is 0.104. The summed E-state index contributed by atoms with van der Waals surface area (Å²) in [6.07, 6.45) is 3.46. The van der Waals surface area contributed by atoms with Crippen LogP contribution in [0.25, 0.3) is 6.08 Å². The summed E-state index contributed by atoms with van der Waals surface area (Å²) in [5.74, 6) is 0.0481. The van der Waals surface area contributed by atoms with E-state index in [4.69, 9.17) is 0 Å². The Morgan fingerprint density at radius 1 is 0.941 bits per heavy atom. The number of allylic oxidation sites excluding steroid dienone is 1. The number of benzene rings is 2. The lowest BCUT2D eigenvalue weighted by Gasteiger charge is -2.00. The van der Waals surface area contributed by atoms with Crippen LogP contribution in [-0.2, 0) is 0 Å². The van der Waals surface area contributed by atoms with Gasteiger partial charge in [-0.2, -0.15) is 0 Å². The van der Waals surface area contributed by atoms with Crippen molar-refractivity contribution in [2.45, 2.75) is 6.92 Å². The summed E-state index contributed by atoms with van der Waals surface area (Å²) in [6.45, 7) is 1.95. The second-order valence-electron chi connectivity index (χ2n) is 3.92. The van der Waals surface area contributed by atoms with E-state index in [0.29, 0.717) is 0 Å². The number of hydrogen-bond donors (Lipinski definition) is 0. The maximum atomic E-state index is 12.0. The van der Waals surface area contributed by atoms with E-state index in [-0.39, 0.29) is 5.78 Å². The van der Waals surface area contributed by atoms with Crippen LogP contribution < -0.4 is 0 Å². The minimum atomic E-state index is 0.0481. The summed E-state index contributed by atoms with van der Waals surface area (Å²) in [7, 11) is 0. The Hall–Kier alpha value is -2.15. The highest BCUT2D eigenvalue weighted by molar-refractivity contribution is 6.07. The van der Waals surface area contributed by atoms with Gasteiger partial charge < -0.3 is 0 Å². The van der Waals surface area contributed by atoms with E-state index >= 15 is 0 Å². The first-order valence-electron chi connectivity index (χ1n) is 5.60. The summed E-state index contributed by atoms with van der Waals surface area (Å²) < 4.78 is 0. The van der Waals surface area contributed by atoms with Gasteiger partial charge >= 0.3 is 0 Å². The van der Waals surface area contributed by atoms with Gasteiger partial charge in [0.15, 0.2) is 5.78 Å². The Labute approximate surface area is 101 Å². The van der Waals surface area contributed by atoms with Crippen LogP contribution in [0.3, 0.4) is 0 Å². The fourth-order valence-corrected chi connectivity index (χ4v) is 1.68. The van der Waals surface area contributed by atoms with Crippen LogP contribution in [-0.4, -0.2) is 5.78 Å². The zero-order valence-electron chi connectivity index (χ0n) is 9.76. The fourth-order valence-electron chi connectivity index (χ4n) is 1.68. The van der Waals surface area contributed by atoms with Gasteiger partial charge in [-0.05, 0) is 24.1 Å². The first-order valence-corrected chi connectivity index (χ1v) is 5.60. The molecular weight excluding hydrogens is 208 g/mol. The Balaban J connectivity index is 2.18. The summed E-state index contributed by atoms with van der Waals surface area (Å²) in [6, 6.07) is 17.4. The van der Waals surface area contributed by atoms with Crippen molar-refractivity contribution in [2.75, 3.05) is 0 Å². The maximum absolute atomic E-state index is 12.0. The van der Waals surface area contributed by atoms with Crippen molar-refractivity contribution < 1.29 is 4.79 Å². The number of carbonyl (C=O) groups excluding carboxylic acids is 1. The Bertz CT molecular complexity index is 538. The number of ketones is 1. The summed E-state index contributed by atoms with van der Waals surface area (Å²) in [4.78, 5) is 12.0. The van der Waals surface area contributed by atoms with Crippen molar-refractivity contribution in [1.29, 1.82) is 0 Å². The minimum Gasteiger partial charge on any atom is -0.289 e. The van der Waals surface area contributed by atoms with Gasteiger partial charge in [0, 0.05) is 5.56 Å². The van der Waals surface area contributed by atoms with Gasteiger partial charge in [-0.15, -0.1) is 0 Å². The molecule has 0 aromatic heterocycles. The highest BCUT2D eigenvalue weighted by atomic mass is 16.1. The number of aryl methyl sites for hydroxylation is 1. The first kappa shape index (κ1) is 11.3. The monoisotopic (exact) mass is 222 g/mol. The lowest BCUT2D eigenvalue weighted by atomic mass is 10.0. The van der Waals surface area contributed by atoms with E-state index in [2.05, 4.69) is 0 Å². The van der Waals surface area contributed by atoms with Crippen molar-refractivity contribution >= 4 is 11.9 Å². The molecule has 2 rings (SSSR count). The molecule has 0 heterocycles. The van der Waals surface area contributed by atoms with Gasteiger partial charge in [-0.3, -0.25) is 4.79 Å². The number of rotatable bonds is 3. The van der Waals surface area contributed by atoms with Crippen molar-refractivity contribution in [2.24, 2.45) is 0 Å². The van der Waals surface area contributed by atoms with Crippen LogP contribution in [0.5, 0.6) is 0 Å². The first-order chi connectivity index (χ1) is 8.27. The Morgan fingerprint density at radius 3 is 2.29 bits per heavy atom. The van der Waals surface area contributed by atoms with Crippen molar-refractivity contribution in [1.82, 2.24) is 0 Å². The predicted octanol–water partition coefficient (Wildman–Crippen LogP) is 3.89. The molecule has 0 aliphatic heterocycles. The summed E-state index contributed by atoms with van der Waals surface area (Å²) in [5, 5.41) is 0. The van der Waals surface area contributed by atoms with Crippen molar-refractivity contribution in [3.63, 3.8) is 0 Å². The normalized spacial score (nSPS) is 10.6. The zero-order valence-corrected chi connectivity index (χ0v) is 9.76.